The molecule has 0 aliphatic rings. The molecule has 9 heteroatoms. The Balaban J connectivity index is 2.26. The fourth-order valence-electron chi connectivity index (χ4n) is 2.00. The van der Waals surface area contributed by atoms with Crippen LogP contribution >= 0.6 is 11.3 Å². The van der Waals surface area contributed by atoms with Crippen molar-refractivity contribution < 1.29 is 24.0 Å². The second-order valence-corrected chi connectivity index (χ2v) is 5.76. The number of nitrogens with zero attached hydrogens (tertiary/aromatic N) is 1. The summed E-state index contributed by atoms with van der Waals surface area (Å²) in [4.78, 5) is 34.6. The molecule has 1 aromatic heterocycles. The average Bonchev–Trinajstić information content (AvgIpc) is 2.93. The van der Waals surface area contributed by atoms with E-state index in [9.17, 15) is 19.7 Å². The number of aryl methyl sites for hydroxylation is 1. The summed E-state index contributed by atoms with van der Waals surface area (Å²) in [5, 5.41) is 14.1. The molecule has 0 unspecified atom stereocenters. The number of nitro benzene ring substituents is 1. The van der Waals surface area contributed by atoms with E-state index >= 15 is 0 Å². The van der Waals surface area contributed by atoms with Crippen LogP contribution in [0.2, 0.25) is 0 Å². The number of rotatable bonds is 5. The lowest BCUT2D eigenvalue weighted by molar-refractivity contribution is -0.385. The normalized spacial score (nSPS) is 10.1. The van der Waals surface area contributed by atoms with Crippen molar-refractivity contribution in [3.63, 3.8) is 0 Å². The molecule has 1 amide bonds. The van der Waals surface area contributed by atoms with Gasteiger partial charge in [0.25, 0.3) is 5.91 Å². The molecule has 0 aliphatic carbocycles. The van der Waals surface area contributed by atoms with Crippen LogP contribution in [0, 0.1) is 17.0 Å². The van der Waals surface area contributed by atoms with Crippen molar-refractivity contribution in [2.45, 2.75) is 6.92 Å². The van der Waals surface area contributed by atoms with Crippen molar-refractivity contribution >= 4 is 33.9 Å². The van der Waals surface area contributed by atoms with Crippen LogP contribution < -0.4 is 10.1 Å². The number of amides is 1. The van der Waals surface area contributed by atoms with Crippen LogP contribution in [0.25, 0.3) is 0 Å². The van der Waals surface area contributed by atoms with E-state index in [0.717, 1.165) is 17.4 Å². The number of methoxy groups -OCH3 is 2. The van der Waals surface area contributed by atoms with Gasteiger partial charge in [0, 0.05) is 11.6 Å². The molecule has 2 aromatic rings. The van der Waals surface area contributed by atoms with E-state index in [2.05, 4.69) is 10.1 Å². The smallest absolute Gasteiger partial charge is 0.348 e. The summed E-state index contributed by atoms with van der Waals surface area (Å²) in [5.74, 6) is -0.951. The molecule has 0 saturated heterocycles. The highest BCUT2D eigenvalue weighted by molar-refractivity contribution is 7.18. The van der Waals surface area contributed by atoms with Gasteiger partial charge in [0.2, 0.25) is 0 Å². The fraction of sp³-hybridized carbons (Fsp3) is 0.200. The minimum Gasteiger partial charge on any atom is -0.490 e. The standard InChI is InChI=1S/C15H14N2O6S/c1-8-6-12(24-13(8)15(19)23-3)16-14(18)9-4-5-11(22-2)10(7-9)17(20)21/h4-7H,1-3H3,(H,16,18). The molecule has 0 radical (unpaired) electrons. The summed E-state index contributed by atoms with van der Waals surface area (Å²) < 4.78 is 9.55. The molecule has 0 aliphatic heterocycles. The summed E-state index contributed by atoms with van der Waals surface area (Å²) in [5.41, 5.74) is 0.471. The highest BCUT2D eigenvalue weighted by atomic mass is 32.1. The Morgan fingerprint density at radius 2 is 1.96 bits per heavy atom. The zero-order valence-electron chi connectivity index (χ0n) is 13.1. The van der Waals surface area contributed by atoms with Gasteiger partial charge >= 0.3 is 11.7 Å². The van der Waals surface area contributed by atoms with Crippen molar-refractivity contribution in [1.82, 2.24) is 0 Å². The quantitative estimate of drug-likeness (QED) is 0.504. The molecule has 24 heavy (non-hydrogen) atoms. The van der Waals surface area contributed by atoms with Gasteiger partial charge in [-0.05, 0) is 30.7 Å². The van der Waals surface area contributed by atoms with Crippen molar-refractivity contribution in [1.29, 1.82) is 0 Å². The maximum absolute atomic E-state index is 12.3. The maximum atomic E-state index is 12.3. The number of hydrogen-bond acceptors (Lipinski definition) is 7. The first-order valence-electron chi connectivity index (χ1n) is 6.70. The Labute approximate surface area is 141 Å². The van der Waals surface area contributed by atoms with Crippen LogP contribution in [0.4, 0.5) is 10.7 Å². The number of carbonyl (C=O) groups excluding carboxylic acids is 2. The van der Waals surface area contributed by atoms with E-state index in [1.165, 1.54) is 26.4 Å². The predicted octanol–water partition coefficient (Wildman–Crippen LogP) is 3.01. The van der Waals surface area contributed by atoms with Crippen molar-refractivity contribution in [3.05, 3.63) is 50.4 Å². The number of thiophene rings is 1. The maximum Gasteiger partial charge on any atom is 0.348 e. The van der Waals surface area contributed by atoms with Crippen molar-refractivity contribution in [3.8, 4) is 5.75 Å². The SMILES string of the molecule is COC(=O)c1sc(NC(=O)c2ccc(OC)c([N+](=O)[O-])c2)cc1C. The van der Waals surface area contributed by atoms with Gasteiger partial charge in [0.05, 0.1) is 24.1 Å². The molecule has 0 atom stereocenters. The molecule has 0 saturated carbocycles. The van der Waals surface area contributed by atoms with Crippen molar-refractivity contribution in [2.24, 2.45) is 0 Å². The van der Waals surface area contributed by atoms with Crippen LogP contribution in [0.3, 0.4) is 0 Å². The van der Waals surface area contributed by atoms with Gasteiger partial charge in [0.1, 0.15) is 4.88 Å². The Morgan fingerprint density at radius 3 is 2.54 bits per heavy atom. The Hall–Kier alpha value is -2.94. The van der Waals surface area contributed by atoms with Gasteiger partial charge in [-0.25, -0.2) is 4.79 Å². The van der Waals surface area contributed by atoms with Crippen LogP contribution in [-0.2, 0) is 4.74 Å². The molecule has 1 heterocycles. The van der Waals surface area contributed by atoms with Gasteiger partial charge in [-0.3, -0.25) is 14.9 Å². The van der Waals surface area contributed by atoms with Gasteiger partial charge < -0.3 is 14.8 Å². The molecular weight excluding hydrogens is 336 g/mol. The molecule has 0 spiro atoms. The Morgan fingerprint density at radius 1 is 1.25 bits per heavy atom. The first-order chi connectivity index (χ1) is 11.4. The zero-order valence-corrected chi connectivity index (χ0v) is 13.9. The Kier molecular flexibility index (Phi) is 5.14. The molecule has 1 N–H and O–H groups in total. The molecule has 0 bridgehead atoms. The predicted molar refractivity (Wildman–Crippen MR) is 88.0 cm³/mol. The van der Waals surface area contributed by atoms with Crippen LogP contribution in [0.5, 0.6) is 5.75 Å². The largest absolute Gasteiger partial charge is 0.490 e. The summed E-state index contributed by atoms with van der Waals surface area (Å²) in [6.07, 6.45) is 0. The number of anilines is 1. The monoisotopic (exact) mass is 350 g/mol. The van der Waals surface area contributed by atoms with Gasteiger partial charge in [-0.15, -0.1) is 11.3 Å². The summed E-state index contributed by atoms with van der Waals surface area (Å²) >= 11 is 1.07. The van der Waals surface area contributed by atoms with Crippen LogP contribution in [0.15, 0.2) is 24.3 Å². The van der Waals surface area contributed by atoms with E-state index < -0.39 is 16.8 Å². The lowest BCUT2D eigenvalue weighted by atomic mass is 10.1. The topological polar surface area (TPSA) is 108 Å². The Bertz CT molecular complexity index is 814. The second-order valence-electron chi connectivity index (χ2n) is 4.71. The summed E-state index contributed by atoms with van der Waals surface area (Å²) in [6.45, 7) is 1.72. The minimum absolute atomic E-state index is 0.0662. The first kappa shape index (κ1) is 17.4. The fourth-order valence-corrected chi connectivity index (χ4v) is 2.98. The lowest BCUT2D eigenvalue weighted by Gasteiger charge is -2.05. The number of nitro groups is 1. The molecule has 126 valence electrons. The summed E-state index contributed by atoms with van der Waals surface area (Å²) in [6, 6.07) is 5.54. The number of ether oxygens (including phenoxy) is 2. The summed E-state index contributed by atoms with van der Waals surface area (Å²) in [7, 11) is 2.58. The molecule has 2 rings (SSSR count). The third-order valence-electron chi connectivity index (χ3n) is 3.16. The van der Waals surface area contributed by atoms with Gasteiger partial charge in [0.15, 0.2) is 5.75 Å². The molecular formula is C15H14N2O6S. The molecule has 1 aromatic carbocycles. The first-order valence-corrected chi connectivity index (χ1v) is 7.51. The zero-order chi connectivity index (χ0) is 17.9. The van der Waals surface area contributed by atoms with E-state index in [0.29, 0.717) is 15.4 Å². The number of carbonyl (C=O) groups is 2. The van der Waals surface area contributed by atoms with E-state index in [1.807, 2.05) is 0 Å². The molecule has 0 fully saturated rings. The third kappa shape index (κ3) is 3.51. The highest BCUT2D eigenvalue weighted by Gasteiger charge is 2.20. The highest BCUT2D eigenvalue weighted by Crippen LogP contribution is 2.30. The van der Waals surface area contributed by atoms with Crippen molar-refractivity contribution in [2.75, 3.05) is 19.5 Å². The van der Waals surface area contributed by atoms with E-state index in [4.69, 9.17) is 4.74 Å². The number of esters is 1. The van der Waals surface area contributed by atoms with Gasteiger partial charge in [-0.2, -0.15) is 0 Å². The second kappa shape index (κ2) is 7.09. The van der Waals surface area contributed by atoms with Crippen LogP contribution in [0.1, 0.15) is 25.6 Å². The van der Waals surface area contributed by atoms with E-state index in [1.54, 1.807) is 13.0 Å². The lowest BCUT2D eigenvalue weighted by Crippen LogP contribution is -2.11. The average molecular weight is 350 g/mol. The van der Waals surface area contributed by atoms with E-state index in [-0.39, 0.29) is 17.0 Å². The molecule has 8 nitrogen and oxygen atoms in total. The minimum atomic E-state index is -0.625. The number of nitrogens with one attached hydrogen (secondary N) is 1. The number of benzene rings is 1. The number of hydrogen-bond donors (Lipinski definition) is 1. The van der Waals surface area contributed by atoms with Gasteiger partial charge in [-0.1, -0.05) is 0 Å². The third-order valence-corrected chi connectivity index (χ3v) is 4.30. The van der Waals surface area contributed by atoms with Crippen LogP contribution in [-0.4, -0.2) is 31.0 Å².